The summed E-state index contributed by atoms with van der Waals surface area (Å²) in [6.07, 6.45) is 8.62. The number of nitrogens with one attached hydrogen (secondary N) is 1. The van der Waals surface area contributed by atoms with Crippen molar-refractivity contribution in [1.82, 2.24) is 29.5 Å². The fraction of sp³-hybridized carbons (Fsp3) is 0.300. The number of fused-ring (bicyclic) bond motifs is 2. The highest BCUT2D eigenvalue weighted by Crippen LogP contribution is 2.24. The predicted molar refractivity (Wildman–Crippen MR) is 104 cm³/mol. The summed E-state index contributed by atoms with van der Waals surface area (Å²) < 4.78 is 17.6. The summed E-state index contributed by atoms with van der Waals surface area (Å²) in [6, 6.07) is 3.36. The van der Waals surface area contributed by atoms with E-state index >= 15 is 0 Å². The zero-order valence-corrected chi connectivity index (χ0v) is 15.4. The Hall–Kier alpha value is -3.13. The van der Waals surface area contributed by atoms with Gasteiger partial charge in [0.15, 0.2) is 11.5 Å². The molecule has 4 aromatic heterocycles. The monoisotopic (exact) mass is 378 g/mol. The third-order valence-electron chi connectivity index (χ3n) is 5.26. The van der Waals surface area contributed by atoms with Gasteiger partial charge in [0, 0.05) is 35.1 Å². The summed E-state index contributed by atoms with van der Waals surface area (Å²) in [5.74, 6) is -0.398. The van der Waals surface area contributed by atoms with Crippen LogP contribution in [0.4, 0.5) is 4.39 Å². The molecule has 0 unspecified atom stereocenters. The molecule has 0 amide bonds. The number of aromatic nitrogens is 5. The first kappa shape index (κ1) is 17.0. The van der Waals surface area contributed by atoms with E-state index in [2.05, 4.69) is 20.4 Å². The SMILES string of the molecule is Cc1cn2cc(-c3cnc4c(=O)n(C5CCNCC5)ncc4c3)cc(F)c2n1. The van der Waals surface area contributed by atoms with Gasteiger partial charge in [-0.1, -0.05) is 0 Å². The van der Waals surface area contributed by atoms with E-state index in [9.17, 15) is 9.18 Å². The molecule has 1 aliphatic rings. The fourth-order valence-corrected chi connectivity index (χ4v) is 3.85. The Morgan fingerprint density at radius 3 is 2.79 bits per heavy atom. The number of pyridine rings is 2. The molecule has 1 fully saturated rings. The third kappa shape index (κ3) is 2.77. The number of imidazole rings is 1. The molecule has 4 aromatic rings. The normalized spacial score (nSPS) is 15.5. The molecule has 1 aliphatic heterocycles. The highest BCUT2D eigenvalue weighted by Gasteiger charge is 2.19. The summed E-state index contributed by atoms with van der Waals surface area (Å²) >= 11 is 0. The van der Waals surface area contributed by atoms with Gasteiger partial charge < -0.3 is 9.72 Å². The van der Waals surface area contributed by atoms with Gasteiger partial charge >= 0.3 is 0 Å². The number of piperidine rings is 1. The van der Waals surface area contributed by atoms with Crippen molar-refractivity contribution in [3.8, 4) is 11.1 Å². The van der Waals surface area contributed by atoms with E-state index in [1.54, 1.807) is 27.7 Å². The van der Waals surface area contributed by atoms with E-state index in [0.717, 1.165) is 37.2 Å². The highest BCUT2D eigenvalue weighted by molar-refractivity contribution is 5.82. The van der Waals surface area contributed by atoms with Gasteiger partial charge in [0.05, 0.1) is 17.9 Å². The summed E-state index contributed by atoms with van der Waals surface area (Å²) in [5, 5.41) is 8.32. The highest BCUT2D eigenvalue weighted by atomic mass is 19.1. The van der Waals surface area contributed by atoms with Gasteiger partial charge in [-0.05, 0) is 45.0 Å². The number of hydrogen-bond donors (Lipinski definition) is 1. The topological polar surface area (TPSA) is 77.1 Å². The van der Waals surface area contributed by atoms with Crippen molar-refractivity contribution in [1.29, 1.82) is 0 Å². The first-order valence-electron chi connectivity index (χ1n) is 9.34. The molecule has 28 heavy (non-hydrogen) atoms. The Bertz CT molecular complexity index is 1260. The minimum Gasteiger partial charge on any atom is -0.317 e. The second kappa shape index (κ2) is 6.49. The van der Waals surface area contributed by atoms with Crippen molar-refractivity contribution < 1.29 is 4.39 Å². The lowest BCUT2D eigenvalue weighted by Gasteiger charge is -2.23. The molecule has 142 valence electrons. The van der Waals surface area contributed by atoms with E-state index < -0.39 is 5.82 Å². The second-order valence-electron chi connectivity index (χ2n) is 7.23. The van der Waals surface area contributed by atoms with Crippen LogP contribution in [0.25, 0.3) is 27.7 Å². The van der Waals surface area contributed by atoms with Crippen LogP contribution in [0.3, 0.4) is 0 Å². The molecule has 1 N–H and O–H groups in total. The van der Waals surface area contributed by atoms with Crippen molar-refractivity contribution in [3.05, 3.63) is 58.8 Å². The van der Waals surface area contributed by atoms with E-state index in [0.29, 0.717) is 22.1 Å². The van der Waals surface area contributed by atoms with Crippen molar-refractivity contribution in [2.45, 2.75) is 25.8 Å². The van der Waals surface area contributed by atoms with Crippen molar-refractivity contribution in [2.24, 2.45) is 0 Å². The van der Waals surface area contributed by atoms with Crippen molar-refractivity contribution >= 4 is 16.6 Å². The molecule has 8 heteroatoms. The maximum atomic E-state index is 14.4. The Labute approximate surface area is 159 Å². The maximum absolute atomic E-state index is 14.4. The molecule has 0 aliphatic carbocycles. The van der Waals surface area contributed by atoms with Gasteiger partial charge in [0.25, 0.3) is 5.56 Å². The van der Waals surface area contributed by atoms with E-state index in [1.165, 1.54) is 6.07 Å². The van der Waals surface area contributed by atoms with Crippen LogP contribution in [0, 0.1) is 12.7 Å². The van der Waals surface area contributed by atoms with E-state index in [4.69, 9.17) is 0 Å². The van der Waals surface area contributed by atoms with Crippen LogP contribution in [-0.4, -0.2) is 37.2 Å². The Balaban J connectivity index is 1.59. The average molecular weight is 378 g/mol. The molecule has 0 radical (unpaired) electrons. The third-order valence-corrected chi connectivity index (χ3v) is 5.26. The molecular weight excluding hydrogens is 359 g/mol. The molecular formula is C20H19FN6O. The minimum absolute atomic E-state index is 0.0978. The molecule has 5 rings (SSSR count). The standard InChI is InChI=1S/C20H19FN6O/c1-12-10-26-11-15(7-17(21)19(26)25-12)13-6-14-9-24-27(16-2-4-22-5-3-16)20(28)18(14)23-8-13/h6-11,16,22H,2-5H2,1H3. The van der Waals surface area contributed by atoms with Crippen molar-refractivity contribution in [2.75, 3.05) is 13.1 Å². The van der Waals surface area contributed by atoms with Crippen molar-refractivity contribution in [3.63, 3.8) is 0 Å². The van der Waals surface area contributed by atoms with Gasteiger partial charge in [-0.3, -0.25) is 4.79 Å². The Kier molecular flexibility index (Phi) is 3.94. The number of aryl methyl sites for hydroxylation is 1. The lowest BCUT2D eigenvalue weighted by Crippen LogP contribution is -2.35. The number of nitrogens with zero attached hydrogens (tertiary/aromatic N) is 5. The first-order valence-corrected chi connectivity index (χ1v) is 9.34. The molecule has 5 heterocycles. The second-order valence-corrected chi connectivity index (χ2v) is 7.23. The Morgan fingerprint density at radius 2 is 1.96 bits per heavy atom. The largest absolute Gasteiger partial charge is 0.317 e. The van der Waals surface area contributed by atoms with Gasteiger partial charge in [0.1, 0.15) is 5.52 Å². The van der Waals surface area contributed by atoms with Gasteiger partial charge in [0.2, 0.25) is 0 Å². The summed E-state index contributed by atoms with van der Waals surface area (Å²) in [4.78, 5) is 21.4. The molecule has 0 spiro atoms. The zero-order valence-electron chi connectivity index (χ0n) is 15.4. The van der Waals surface area contributed by atoms with Gasteiger partial charge in [-0.25, -0.2) is 19.0 Å². The van der Waals surface area contributed by atoms with E-state index in [-0.39, 0.29) is 11.6 Å². The molecule has 0 aromatic carbocycles. The maximum Gasteiger partial charge on any atom is 0.293 e. The summed E-state index contributed by atoms with van der Waals surface area (Å²) in [6.45, 7) is 3.58. The quantitative estimate of drug-likeness (QED) is 0.580. The summed E-state index contributed by atoms with van der Waals surface area (Å²) in [5.41, 5.74) is 2.64. The lowest BCUT2D eigenvalue weighted by atomic mass is 10.1. The molecule has 0 saturated carbocycles. The van der Waals surface area contributed by atoms with Gasteiger partial charge in [-0.15, -0.1) is 0 Å². The molecule has 7 nitrogen and oxygen atoms in total. The molecule has 0 atom stereocenters. The number of halogens is 1. The smallest absolute Gasteiger partial charge is 0.293 e. The van der Waals surface area contributed by atoms with Crippen LogP contribution in [-0.2, 0) is 0 Å². The van der Waals surface area contributed by atoms with Gasteiger partial charge in [-0.2, -0.15) is 5.10 Å². The lowest BCUT2D eigenvalue weighted by molar-refractivity contribution is 0.333. The van der Waals surface area contributed by atoms with Crippen LogP contribution in [0.15, 0.2) is 41.7 Å². The Morgan fingerprint density at radius 1 is 1.14 bits per heavy atom. The van der Waals surface area contributed by atoms with Crippen LogP contribution in [0.2, 0.25) is 0 Å². The molecule has 1 saturated heterocycles. The van der Waals surface area contributed by atoms with Crippen LogP contribution in [0.5, 0.6) is 0 Å². The van der Waals surface area contributed by atoms with Crippen LogP contribution < -0.4 is 10.9 Å². The molecule has 0 bridgehead atoms. The van der Waals surface area contributed by atoms with Crippen LogP contribution >= 0.6 is 0 Å². The van der Waals surface area contributed by atoms with E-state index in [1.807, 2.05) is 19.2 Å². The first-order chi connectivity index (χ1) is 13.6. The van der Waals surface area contributed by atoms with Crippen LogP contribution in [0.1, 0.15) is 24.6 Å². The fourth-order valence-electron chi connectivity index (χ4n) is 3.85. The average Bonchev–Trinajstić information content (AvgIpc) is 3.09. The number of rotatable bonds is 2. The number of hydrogen-bond acceptors (Lipinski definition) is 5. The summed E-state index contributed by atoms with van der Waals surface area (Å²) in [7, 11) is 0. The predicted octanol–water partition coefficient (Wildman–Crippen LogP) is 2.48. The minimum atomic E-state index is -0.398. The zero-order chi connectivity index (χ0) is 19.3.